The minimum Gasteiger partial charge on any atom is -0.328 e. The van der Waals surface area contributed by atoms with Gasteiger partial charge < -0.3 is 16.4 Å². The zero-order chi connectivity index (χ0) is 16.4. The summed E-state index contributed by atoms with van der Waals surface area (Å²) in [6.07, 6.45) is 5.62. The molecule has 0 bridgehead atoms. The summed E-state index contributed by atoms with van der Waals surface area (Å²) in [7, 11) is 0. The number of benzene rings is 1. The molecule has 2 atom stereocenters. The fourth-order valence-electron chi connectivity index (χ4n) is 3.12. The van der Waals surface area contributed by atoms with Crippen molar-refractivity contribution in [2.45, 2.75) is 51.5 Å². The Morgan fingerprint density at radius 2 is 1.78 bits per heavy atom. The SMILES string of the molecule is Cc1ccc(NC(=O)C2CC2)cc1NC(=O)C1CCCC(N)C1. The molecule has 2 fully saturated rings. The molecule has 1 aromatic carbocycles. The number of carbonyl (C=O) groups is 2. The number of nitrogens with one attached hydrogen (secondary N) is 2. The minimum atomic E-state index is -0.0112. The molecule has 2 amide bonds. The lowest BCUT2D eigenvalue weighted by Crippen LogP contribution is -2.34. The van der Waals surface area contributed by atoms with Gasteiger partial charge in [-0.25, -0.2) is 0 Å². The van der Waals surface area contributed by atoms with Gasteiger partial charge in [0.05, 0.1) is 0 Å². The first-order valence-electron chi connectivity index (χ1n) is 8.51. The third-order valence-corrected chi connectivity index (χ3v) is 4.80. The van der Waals surface area contributed by atoms with E-state index in [1.807, 2.05) is 25.1 Å². The molecule has 3 rings (SSSR count). The van der Waals surface area contributed by atoms with E-state index in [4.69, 9.17) is 5.73 Å². The van der Waals surface area contributed by atoms with Gasteiger partial charge >= 0.3 is 0 Å². The van der Waals surface area contributed by atoms with Gasteiger partial charge in [0.25, 0.3) is 0 Å². The van der Waals surface area contributed by atoms with Crippen LogP contribution < -0.4 is 16.4 Å². The van der Waals surface area contributed by atoms with Gasteiger partial charge in [-0.15, -0.1) is 0 Å². The van der Waals surface area contributed by atoms with Crippen molar-refractivity contribution >= 4 is 23.2 Å². The second-order valence-corrected chi connectivity index (χ2v) is 6.91. The van der Waals surface area contributed by atoms with Crippen molar-refractivity contribution in [3.63, 3.8) is 0 Å². The van der Waals surface area contributed by atoms with Crippen LogP contribution in [0.2, 0.25) is 0 Å². The van der Waals surface area contributed by atoms with Crippen molar-refractivity contribution in [1.29, 1.82) is 0 Å². The molecule has 4 N–H and O–H groups in total. The predicted molar refractivity (Wildman–Crippen MR) is 91.1 cm³/mol. The Labute approximate surface area is 137 Å². The van der Waals surface area contributed by atoms with E-state index in [1.54, 1.807) is 0 Å². The van der Waals surface area contributed by atoms with Gasteiger partial charge in [-0.2, -0.15) is 0 Å². The average Bonchev–Trinajstić information content (AvgIpc) is 3.35. The number of nitrogens with two attached hydrogens (primary N) is 1. The second-order valence-electron chi connectivity index (χ2n) is 6.91. The Bertz CT molecular complexity index is 610. The molecule has 0 saturated heterocycles. The van der Waals surface area contributed by atoms with Gasteiger partial charge in [-0.1, -0.05) is 12.5 Å². The van der Waals surface area contributed by atoms with Crippen molar-refractivity contribution in [2.24, 2.45) is 17.6 Å². The summed E-state index contributed by atoms with van der Waals surface area (Å²) in [5.41, 5.74) is 8.47. The molecule has 2 saturated carbocycles. The van der Waals surface area contributed by atoms with E-state index in [0.29, 0.717) is 0 Å². The van der Waals surface area contributed by atoms with Gasteiger partial charge in [-0.3, -0.25) is 9.59 Å². The standard InChI is InChI=1S/C18H25N3O2/c1-11-5-8-15(20-17(22)12-6-7-12)10-16(11)21-18(23)13-3-2-4-14(19)9-13/h5,8,10,12-14H,2-4,6-7,9,19H2,1H3,(H,20,22)(H,21,23). The molecule has 2 aliphatic rings. The average molecular weight is 315 g/mol. The molecule has 2 unspecified atom stereocenters. The highest BCUT2D eigenvalue weighted by Crippen LogP contribution is 2.31. The molecule has 2 aliphatic carbocycles. The molecule has 0 radical (unpaired) electrons. The zero-order valence-electron chi connectivity index (χ0n) is 13.6. The van der Waals surface area contributed by atoms with E-state index in [9.17, 15) is 9.59 Å². The molecule has 124 valence electrons. The highest BCUT2D eigenvalue weighted by Gasteiger charge is 2.30. The maximum atomic E-state index is 12.5. The van der Waals surface area contributed by atoms with Crippen molar-refractivity contribution in [3.05, 3.63) is 23.8 Å². The van der Waals surface area contributed by atoms with E-state index < -0.39 is 0 Å². The van der Waals surface area contributed by atoms with Gasteiger partial charge in [0.15, 0.2) is 0 Å². The van der Waals surface area contributed by atoms with Crippen LogP contribution in [0.1, 0.15) is 44.1 Å². The Morgan fingerprint density at radius 3 is 2.48 bits per heavy atom. The lowest BCUT2D eigenvalue weighted by Gasteiger charge is -2.26. The van der Waals surface area contributed by atoms with Crippen LogP contribution >= 0.6 is 0 Å². The van der Waals surface area contributed by atoms with E-state index in [0.717, 1.165) is 55.5 Å². The van der Waals surface area contributed by atoms with Gasteiger partial charge in [-0.05, 0) is 56.7 Å². The number of rotatable bonds is 4. The van der Waals surface area contributed by atoms with Crippen LogP contribution in [-0.2, 0) is 9.59 Å². The van der Waals surface area contributed by atoms with Crippen molar-refractivity contribution in [3.8, 4) is 0 Å². The summed E-state index contributed by atoms with van der Waals surface area (Å²) in [5.74, 6) is 0.263. The molecular formula is C18H25N3O2. The number of amides is 2. The quantitative estimate of drug-likeness (QED) is 0.799. The monoisotopic (exact) mass is 315 g/mol. The number of aryl methyl sites for hydroxylation is 1. The number of hydrogen-bond donors (Lipinski definition) is 3. The molecule has 0 heterocycles. The Hall–Kier alpha value is -1.88. The third-order valence-electron chi connectivity index (χ3n) is 4.80. The first kappa shape index (κ1) is 16.0. The molecule has 5 heteroatoms. The number of carbonyl (C=O) groups excluding carboxylic acids is 2. The minimum absolute atomic E-state index is 0.0112. The van der Waals surface area contributed by atoms with Gasteiger partial charge in [0, 0.05) is 29.3 Å². The summed E-state index contributed by atoms with van der Waals surface area (Å²) in [6, 6.07) is 5.77. The van der Waals surface area contributed by atoms with E-state index in [2.05, 4.69) is 10.6 Å². The van der Waals surface area contributed by atoms with Crippen LogP contribution in [0.3, 0.4) is 0 Å². The molecule has 0 spiro atoms. The Kier molecular flexibility index (Phi) is 4.66. The van der Waals surface area contributed by atoms with Crippen LogP contribution in [0, 0.1) is 18.8 Å². The first-order valence-corrected chi connectivity index (χ1v) is 8.51. The van der Waals surface area contributed by atoms with Gasteiger partial charge in [0.1, 0.15) is 0 Å². The molecular weight excluding hydrogens is 290 g/mol. The fourth-order valence-corrected chi connectivity index (χ4v) is 3.12. The summed E-state index contributed by atoms with van der Waals surface area (Å²) in [6.45, 7) is 1.95. The van der Waals surface area contributed by atoms with Crippen molar-refractivity contribution in [2.75, 3.05) is 10.6 Å². The van der Waals surface area contributed by atoms with Crippen molar-refractivity contribution in [1.82, 2.24) is 0 Å². The molecule has 0 aliphatic heterocycles. The zero-order valence-corrected chi connectivity index (χ0v) is 13.6. The molecule has 23 heavy (non-hydrogen) atoms. The van der Waals surface area contributed by atoms with E-state index in [1.165, 1.54) is 0 Å². The van der Waals surface area contributed by atoms with Crippen LogP contribution in [0.5, 0.6) is 0 Å². The summed E-state index contributed by atoms with van der Waals surface area (Å²) >= 11 is 0. The molecule has 0 aromatic heterocycles. The number of anilines is 2. The van der Waals surface area contributed by atoms with E-state index >= 15 is 0 Å². The Morgan fingerprint density at radius 1 is 1.04 bits per heavy atom. The largest absolute Gasteiger partial charge is 0.328 e. The first-order chi connectivity index (χ1) is 11.0. The summed E-state index contributed by atoms with van der Waals surface area (Å²) in [5, 5.41) is 5.93. The predicted octanol–water partition coefficient (Wildman–Crippen LogP) is 2.80. The normalized spacial score (nSPS) is 24.1. The van der Waals surface area contributed by atoms with Crippen LogP contribution in [0.15, 0.2) is 18.2 Å². The van der Waals surface area contributed by atoms with Crippen LogP contribution in [0.4, 0.5) is 11.4 Å². The topological polar surface area (TPSA) is 84.2 Å². The van der Waals surface area contributed by atoms with Gasteiger partial charge in [0.2, 0.25) is 11.8 Å². The second kappa shape index (κ2) is 6.71. The van der Waals surface area contributed by atoms with Crippen LogP contribution in [-0.4, -0.2) is 17.9 Å². The maximum Gasteiger partial charge on any atom is 0.227 e. The summed E-state index contributed by atoms with van der Waals surface area (Å²) in [4.78, 5) is 24.3. The Balaban J connectivity index is 1.66. The highest BCUT2D eigenvalue weighted by molar-refractivity contribution is 5.97. The lowest BCUT2D eigenvalue weighted by atomic mass is 9.85. The summed E-state index contributed by atoms with van der Waals surface area (Å²) < 4.78 is 0. The third kappa shape index (κ3) is 4.10. The molecule has 5 nitrogen and oxygen atoms in total. The van der Waals surface area contributed by atoms with Crippen molar-refractivity contribution < 1.29 is 9.59 Å². The fraction of sp³-hybridized carbons (Fsp3) is 0.556. The van der Waals surface area contributed by atoms with Crippen LogP contribution in [0.25, 0.3) is 0 Å². The van der Waals surface area contributed by atoms with E-state index in [-0.39, 0.29) is 29.7 Å². The number of hydrogen-bond acceptors (Lipinski definition) is 3. The molecule has 1 aromatic rings. The smallest absolute Gasteiger partial charge is 0.227 e. The maximum absolute atomic E-state index is 12.5. The highest BCUT2D eigenvalue weighted by atomic mass is 16.2. The lowest BCUT2D eigenvalue weighted by molar-refractivity contribution is -0.121.